The predicted molar refractivity (Wildman–Crippen MR) is 57.8 cm³/mol. The van der Waals surface area contributed by atoms with Gasteiger partial charge in [-0.3, -0.25) is 0 Å². The van der Waals surface area contributed by atoms with Crippen LogP contribution in [0.3, 0.4) is 0 Å². The lowest BCUT2D eigenvalue weighted by Gasteiger charge is -2.00. The highest BCUT2D eigenvalue weighted by atomic mass is 127. The molecule has 0 aliphatic heterocycles. The summed E-state index contributed by atoms with van der Waals surface area (Å²) in [5.74, 6) is 0. The van der Waals surface area contributed by atoms with Gasteiger partial charge in [0.25, 0.3) is 0 Å². The van der Waals surface area contributed by atoms with E-state index in [1.54, 1.807) is 0 Å². The summed E-state index contributed by atoms with van der Waals surface area (Å²) in [6, 6.07) is 14.8. The van der Waals surface area contributed by atoms with Crippen LogP contribution in [0.4, 0.5) is 0 Å². The molecule has 15 heavy (non-hydrogen) atoms. The Balaban J connectivity index is 0.00000112. The molecule has 0 aliphatic carbocycles. The fourth-order valence-corrected chi connectivity index (χ4v) is 1.57. The molecular weight excluding hydrogens is 297 g/mol. The van der Waals surface area contributed by atoms with Gasteiger partial charge >= 0.3 is 0 Å². The molecule has 1 aromatic heterocycles. The van der Waals surface area contributed by atoms with E-state index in [1.807, 2.05) is 6.07 Å². The maximum absolute atomic E-state index is 2.20. The molecule has 1 heterocycles. The summed E-state index contributed by atoms with van der Waals surface area (Å²) in [5, 5.41) is 0. The first-order valence-corrected chi connectivity index (χ1v) is 4.79. The van der Waals surface area contributed by atoms with E-state index in [0.717, 1.165) is 0 Å². The van der Waals surface area contributed by atoms with E-state index in [2.05, 4.69) is 61.1 Å². The lowest BCUT2D eigenvalue weighted by Crippen LogP contribution is -3.00. The second-order valence-electron chi connectivity index (χ2n) is 3.57. The number of pyridine rings is 1. The second-order valence-corrected chi connectivity index (χ2v) is 3.57. The maximum atomic E-state index is 2.20. The van der Waals surface area contributed by atoms with E-state index in [9.17, 15) is 0 Å². The molecular formula is C13H14IN. The van der Waals surface area contributed by atoms with Gasteiger partial charge in [-0.2, -0.15) is 0 Å². The predicted octanol–water partition coefficient (Wildman–Crippen LogP) is -0.509. The highest BCUT2D eigenvalue weighted by molar-refractivity contribution is 5.56. The number of nitrogens with zero attached hydrogens (tertiary/aromatic N) is 1. The molecule has 1 aromatic carbocycles. The third-order valence-corrected chi connectivity index (χ3v) is 2.37. The van der Waals surface area contributed by atoms with E-state index < -0.39 is 0 Å². The summed E-state index contributed by atoms with van der Waals surface area (Å²) in [4.78, 5) is 0. The normalized spacial score (nSPS) is 9.47. The topological polar surface area (TPSA) is 3.88 Å². The summed E-state index contributed by atoms with van der Waals surface area (Å²) in [7, 11) is 2.07. The van der Waals surface area contributed by atoms with E-state index in [1.165, 1.54) is 16.8 Å². The molecule has 0 fully saturated rings. The number of aryl methyl sites for hydroxylation is 2. The number of aromatic nitrogens is 1. The minimum Gasteiger partial charge on any atom is -1.00 e. The molecule has 0 N–H and O–H groups in total. The Morgan fingerprint density at radius 3 is 2.33 bits per heavy atom. The molecule has 0 bridgehead atoms. The zero-order chi connectivity index (χ0) is 9.97. The van der Waals surface area contributed by atoms with Gasteiger partial charge in [0, 0.05) is 17.7 Å². The van der Waals surface area contributed by atoms with Crippen molar-refractivity contribution >= 4 is 0 Å². The lowest BCUT2D eigenvalue weighted by molar-refractivity contribution is -0.660. The highest BCUT2D eigenvalue weighted by Crippen LogP contribution is 2.14. The van der Waals surface area contributed by atoms with Gasteiger partial charge in [0.1, 0.15) is 7.05 Å². The molecule has 0 saturated carbocycles. The van der Waals surface area contributed by atoms with Crippen LogP contribution in [0.2, 0.25) is 0 Å². The quantitative estimate of drug-likeness (QED) is 0.493. The number of halogens is 1. The van der Waals surface area contributed by atoms with Gasteiger partial charge in [-0.05, 0) is 24.6 Å². The number of rotatable bonds is 1. The summed E-state index contributed by atoms with van der Waals surface area (Å²) in [6.07, 6.45) is 2.09. The van der Waals surface area contributed by atoms with E-state index in [4.69, 9.17) is 0 Å². The van der Waals surface area contributed by atoms with Crippen molar-refractivity contribution in [2.45, 2.75) is 6.92 Å². The Hall–Kier alpha value is -0.900. The number of hydrogen-bond donors (Lipinski definition) is 0. The molecule has 0 saturated heterocycles. The van der Waals surface area contributed by atoms with Gasteiger partial charge in [0.2, 0.25) is 5.69 Å². The van der Waals surface area contributed by atoms with Gasteiger partial charge in [0.15, 0.2) is 6.20 Å². The monoisotopic (exact) mass is 311 g/mol. The molecule has 2 rings (SSSR count). The van der Waals surface area contributed by atoms with Gasteiger partial charge in [-0.25, -0.2) is 4.57 Å². The average Bonchev–Trinajstić information content (AvgIpc) is 2.23. The second kappa shape index (κ2) is 5.26. The molecule has 2 aromatic rings. The van der Waals surface area contributed by atoms with Crippen molar-refractivity contribution in [2.24, 2.45) is 7.05 Å². The fraction of sp³-hybridized carbons (Fsp3) is 0.154. The molecule has 0 amide bonds. The molecule has 0 aliphatic rings. The van der Waals surface area contributed by atoms with Gasteiger partial charge < -0.3 is 24.0 Å². The van der Waals surface area contributed by atoms with Crippen LogP contribution in [0.1, 0.15) is 5.56 Å². The fourth-order valence-electron chi connectivity index (χ4n) is 1.57. The van der Waals surface area contributed by atoms with Gasteiger partial charge in [0.05, 0.1) is 0 Å². The number of hydrogen-bond acceptors (Lipinski definition) is 0. The van der Waals surface area contributed by atoms with Crippen molar-refractivity contribution in [1.29, 1.82) is 0 Å². The summed E-state index contributed by atoms with van der Waals surface area (Å²) in [6.45, 7) is 2.12. The molecule has 0 radical (unpaired) electrons. The van der Waals surface area contributed by atoms with Crippen LogP contribution in [0.5, 0.6) is 0 Å². The first kappa shape index (κ1) is 12.2. The van der Waals surface area contributed by atoms with Crippen LogP contribution in [-0.4, -0.2) is 0 Å². The van der Waals surface area contributed by atoms with E-state index in [0.29, 0.717) is 0 Å². The molecule has 2 heteroatoms. The Morgan fingerprint density at radius 2 is 1.67 bits per heavy atom. The van der Waals surface area contributed by atoms with Crippen LogP contribution < -0.4 is 28.5 Å². The summed E-state index contributed by atoms with van der Waals surface area (Å²) >= 11 is 0. The zero-order valence-electron chi connectivity index (χ0n) is 8.94. The molecule has 1 nitrogen and oxygen atoms in total. The highest BCUT2D eigenvalue weighted by Gasteiger charge is 2.07. The van der Waals surface area contributed by atoms with Crippen molar-refractivity contribution in [2.75, 3.05) is 0 Å². The van der Waals surface area contributed by atoms with E-state index in [-0.39, 0.29) is 24.0 Å². The van der Waals surface area contributed by atoms with Gasteiger partial charge in [-0.15, -0.1) is 0 Å². The van der Waals surface area contributed by atoms with Crippen LogP contribution in [0.25, 0.3) is 11.3 Å². The van der Waals surface area contributed by atoms with Crippen LogP contribution >= 0.6 is 0 Å². The van der Waals surface area contributed by atoms with Crippen molar-refractivity contribution in [3.63, 3.8) is 0 Å². The number of benzene rings is 1. The summed E-state index contributed by atoms with van der Waals surface area (Å²) in [5.41, 5.74) is 3.81. The first-order chi connectivity index (χ1) is 6.77. The SMILES string of the molecule is Cc1cc[n+](C)c(-c2ccccc2)c1.[I-]. The van der Waals surface area contributed by atoms with Crippen molar-refractivity contribution in [1.82, 2.24) is 0 Å². The molecule has 0 unspecified atom stereocenters. The Labute approximate surface area is 108 Å². The lowest BCUT2D eigenvalue weighted by atomic mass is 10.1. The molecule has 78 valence electrons. The van der Waals surface area contributed by atoms with E-state index >= 15 is 0 Å². The Bertz CT molecular complexity index is 438. The van der Waals surface area contributed by atoms with Gasteiger partial charge in [-0.1, -0.05) is 18.2 Å². The standard InChI is InChI=1S/C13H14N.HI/c1-11-8-9-14(2)13(10-11)12-6-4-3-5-7-12;/h3-10H,1-2H3;1H/q+1;/p-1. The third kappa shape index (κ3) is 2.78. The minimum atomic E-state index is 0. The maximum Gasteiger partial charge on any atom is 0.212 e. The summed E-state index contributed by atoms with van der Waals surface area (Å²) < 4.78 is 2.14. The van der Waals surface area contributed by atoms with Crippen LogP contribution in [0, 0.1) is 6.92 Å². The Kier molecular flexibility index (Phi) is 4.27. The van der Waals surface area contributed by atoms with Crippen molar-refractivity contribution in [3.05, 3.63) is 54.2 Å². The van der Waals surface area contributed by atoms with Crippen LogP contribution in [0.15, 0.2) is 48.7 Å². The molecule has 0 atom stereocenters. The zero-order valence-corrected chi connectivity index (χ0v) is 11.1. The smallest absolute Gasteiger partial charge is 0.212 e. The first-order valence-electron chi connectivity index (χ1n) is 4.79. The molecule has 0 spiro atoms. The largest absolute Gasteiger partial charge is 1.00 e. The van der Waals surface area contributed by atoms with Crippen molar-refractivity contribution < 1.29 is 28.5 Å². The minimum absolute atomic E-state index is 0. The Morgan fingerprint density at radius 1 is 1.00 bits per heavy atom. The third-order valence-electron chi connectivity index (χ3n) is 2.37. The average molecular weight is 311 g/mol. The van der Waals surface area contributed by atoms with Crippen LogP contribution in [-0.2, 0) is 7.05 Å². The van der Waals surface area contributed by atoms with Crippen molar-refractivity contribution in [3.8, 4) is 11.3 Å².